The molecular formula is C13H22BrN3O. The first kappa shape index (κ1) is 15.4. The van der Waals surface area contributed by atoms with Gasteiger partial charge >= 0.3 is 0 Å². The van der Waals surface area contributed by atoms with Crippen molar-refractivity contribution < 1.29 is 4.74 Å². The molecule has 0 unspecified atom stereocenters. The number of nitrogens with zero attached hydrogens (tertiary/aromatic N) is 2. The standard InChI is InChI=1S/C13H22BrN3O/c1-6-15-12-10(14)11(13(2,3)4)16-9(17-12)7-8-18-5/h6-8H2,1-5H3,(H,15,16,17). The number of anilines is 1. The van der Waals surface area contributed by atoms with Crippen LogP contribution in [0.25, 0.3) is 0 Å². The Morgan fingerprint density at radius 3 is 2.44 bits per heavy atom. The van der Waals surface area contributed by atoms with Crippen LogP contribution in [-0.2, 0) is 16.6 Å². The van der Waals surface area contributed by atoms with E-state index in [-0.39, 0.29) is 5.41 Å². The minimum Gasteiger partial charge on any atom is -0.384 e. The summed E-state index contributed by atoms with van der Waals surface area (Å²) < 4.78 is 6.05. The minimum atomic E-state index is -0.0201. The summed E-state index contributed by atoms with van der Waals surface area (Å²) in [5.74, 6) is 1.68. The van der Waals surface area contributed by atoms with Crippen LogP contribution >= 0.6 is 15.9 Å². The highest BCUT2D eigenvalue weighted by molar-refractivity contribution is 9.10. The molecular weight excluding hydrogens is 294 g/mol. The molecule has 0 aliphatic carbocycles. The van der Waals surface area contributed by atoms with Crippen LogP contribution in [0.2, 0.25) is 0 Å². The molecule has 1 aromatic rings. The zero-order valence-electron chi connectivity index (χ0n) is 11.8. The second-order valence-corrected chi connectivity index (χ2v) is 5.97. The fraction of sp³-hybridized carbons (Fsp3) is 0.692. The molecule has 0 saturated carbocycles. The maximum atomic E-state index is 5.09. The molecule has 0 aromatic carbocycles. The van der Waals surface area contributed by atoms with E-state index in [2.05, 4.69) is 58.9 Å². The average Bonchev–Trinajstić information content (AvgIpc) is 2.28. The molecule has 1 heterocycles. The van der Waals surface area contributed by atoms with Gasteiger partial charge in [0.2, 0.25) is 0 Å². The first-order chi connectivity index (χ1) is 8.40. The summed E-state index contributed by atoms with van der Waals surface area (Å²) in [5.41, 5.74) is 1.01. The Labute approximate surface area is 118 Å². The first-order valence-corrected chi connectivity index (χ1v) is 6.99. The summed E-state index contributed by atoms with van der Waals surface area (Å²) in [6.07, 6.45) is 0.727. The SMILES string of the molecule is CCNc1nc(CCOC)nc(C(C)(C)C)c1Br. The number of halogens is 1. The van der Waals surface area contributed by atoms with Gasteiger partial charge < -0.3 is 10.1 Å². The van der Waals surface area contributed by atoms with Gasteiger partial charge in [-0.1, -0.05) is 20.8 Å². The zero-order chi connectivity index (χ0) is 13.8. The van der Waals surface area contributed by atoms with Gasteiger partial charge in [-0.2, -0.15) is 0 Å². The molecule has 1 rings (SSSR count). The summed E-state index contributed by atoms with van der Waals surface area (Å²) in [4.78, 5) is 9.17. The highest BCUT2D eigenvalue weighted by Crippen LogP contribution is 2.32. The Morgan fingerprint density at radius 2 is 1.94 bits per heavy atom. The lowest BCUT2D eigenvalue weighted by Gasteiger charge is -2.22. The lowest BCUT2D eigenvalue weighted by Crippen LogP contribution is -2.19. The van der Waals surface area contributed by atoms with Crippen molar-refractivity contribution in [3.8, 4) is 0 Å². The fourth-order valence-electron chi connectivity index (χ4n) is 1.58. The third-order valence-corrected chi connectivity index (χ3v) is 3.23. The summed E-state index contributed by atoms with van der Waals surface area (Å²) in [6, 6.07) is 0. The van der Waals surface area contributed by atoms with Gasteiger partial charge in [-0.3, -0.25) is 0 Å². The van der Waals surface area contributed by atoms with Crippen molar-refractivity contribution in [3.63, 3.8) is 0 Å². The predicted molar refractivity (Wildman–Crippen MR) is 78.2 cm³/mol. The number of rotatable bonds is 5. The molecule has 0 saturated heterocycles. The molecule has 18 heavy (non-hydrogen) atoms. The molecule has 1 N–H and O–H groups in total. The smallest absolute Gasteiger partial charge is 0.144 e. The Hall–Kier alpha value is -0.680. The van der Waals surface area contributed by atoms with E-state index in [4.69, 9.17) is 4.74 Å². The monoisotopic (exact) mass is 315 g/mol. The number of hydrogen-bond donors (Lipinski definition) is 1. The molecule has 0 atom stereocenters. The molecule has 1 aromatic heterocycles. The van der Waals surface area contributed by atoms with Crippen molar-refractivity contribution in [1.29, 1.82) is 0 Å². The summed E-state index contributed by atoms with van der Waals surface area (Å²) >= 11 is 3.60. The van der Waals surface area contributed by atoms with Gasteiger partial charge in [0.1, 0.15) is 11.6 Å². The van der Waals surface area contributed by atoms with Crippen LogP contribution in [-0.4, -0.2) is 30.2 Å². The van der Waals surface area contributed by atoms with E-state index in [1.807, 2.05) is 0 Å². The van der Waals surface area contributed by atoms with Crippen molar-refractivity contribution in [2.75, 3.05) is 25.6 Å². The van der Waals surface area contributed by atoms with E-state index in [0.717, 1.165) is 34.8 Å². The van der Waals surface area contributed by atoms with E-state index in [1.165, 1.54) is 0 Å². The van der Waals surface area contributed by atoms with Crippen molar-refractivity contribution in [3.05, 3.63) is 16.0 Å². The number of nitrogens with one attached hydrogen (secondary N) is 1. The molecule has 0 spiro atoms. The third-order valence-electron chi connectivity index (χ3n) is 2.48. The van der Waals surface area contributed by atoms with E-state index in [0.29, 0.717) is 6.61 Å². The van der Waals surface area contributed by atoms with Crippen molar-refractivity contribution >= 4 is 21.7 Å². The summed E-state index contributed by atoms with van der Waals surface area (Å²) in [6.45, 7) is 9.97. The number of ether oxygens (including phenoxy) is 1. The van der Waals surface area contributed by atoms with Gasteiger partial charge in [0.15, 0.2) is 0 Å². The van der Waals surface area contributed by atoms with Crippen molar-refractivity contribution in [2.24, 2.45) is 0 Å². The Balaban J connectivity index is 3.19. The zero-order valence-corrected chi connectivity index (χ0v) is 13.4. The topological polar surface area (TPSA) is 47.0 Å². The van der Waals surface area contributed by atoms with Gasteiger partial charge in [0, 0.05) is 25.5 Å². The summed E-state index contributed by atoms with van der Waals surface area (Å²) in [5, 5.41) is 3.27. The highest BCUT2D eigenvalue weighted by atomic mass is 79.9. The molecule has 5 heteroatoms. The second-order valence-electron chi connectivity index (χ2n) is 5.17. The maximum Gasteiger partial charge on any atom is 0.144 e. The van der Waals surface area contributed by atoms with Gasteiger partial charge in [0.05, 0.1) is 16.8 Å². The predicted octanol–water partition coefficient (Wildman–Crippen LogP) is 3.16. The molecule has 0 radical (unpaired) electrons. The van der Waals surface area contributed by atoms with Crippen LogP contribution in [0.5, 0.6) is 0 Å². The Morgan fingerprint density at radius 1 is 1.28 bits per heavy atom. The molecule has 102 valence electrons. The van der Waals surface area contributed by atoms with Crippen molar-refractivity contribution in [1.82, 2.24) is 9.97 Å². The van der Waals surface area contributed by atoms with Crippen LogP contribution in [0, 0.1) is 0 Å². The Kier molecular flexibility index (Phi) is 5.53. The van der Waals surface area contributed by atoms with E-state index >= 15 is 0 Å². The van der Waals surface area contributed by atoms with Gasteiger partial charge in [-0.25, -0.2) is 9.97 Å². The van der Waals surface area contributed by atoms with Crippen LogP contribution in [0.3, 0.4) is 0 Å². The van der Waals surface area contributed by atoms with E-state index < -0.39 is 0 Å². The first-order valence-electron chi connectivity index (χ1n) is 6.19. The molecule has 0 aliphatic heterocycles. The van der Waals surface area contributed by atoms with Crippen molar-refractivity contribution in [2.45, 2.75) is 39.5 Å². The average molecular weight is 316 g/mol. The minimum absolute atomic E-state index is 0.0201. The molecule has 4 nitrogen and oxygen atoms in total. The summed E-state index contributed by atoms with van der Waals surface area (Å²) in [7, 11) is 1.69. The van der Waals surface area contributed by atoms with Crippen LogP contribution < -0.4 is 5.32 Å². The van der Waals surface area contributed by atoms with Gasteiger partial charge in [-0.15, -0.1) is 0 Å². The molecule has 0 aliphatic rings. The fourth-order valence-corrected chi connectivity index (χ4v) is 2.49. The lowest BCUT2D eigenvalue weighted by molar-refractivity contribution is 0.200. The Bertz CT molecular complexity index is 402. The van der Waals surface area contributed by atoms with Crippen LogP contribution in [0.1, 0.15) is 39.2 Å². The number of hydrogen-bond acceptors (Lipinski definition) is 4. The number of methoxy groups -OCH3 is 1. The second kappa shape index (κ2) is 6.48. The molecule has 0 amide bonds. The maximum absolute atomic E-state index is 5.09. The normalized spacial score (nSPS) is 11.7. The van der Waals surface area contributed by atoms with Gasteiger partial charge in [-0.05, 0) is 22.9 Å². The highest BCUT2D eigenvalue weighted by Gasteiger charge is 2.22. The third kappa shape index (κ3) is 3.92. The number of aromatic nitrogens is 2. The molecule has 0 fully saturated rings. The largest absolute Gasteiger partial charge is 0.384 e. The quantitative estimate of drug-likeness (QED) is 0.906. The van der Waals surface area contributed by atoms with Crippen LogP contribution in [0.15, 0.2) is 4.47 Å². The molecule has 0 bridgehead atoms. The van der Waals surface area contributed by atoms with E-state index in [1.54, 1.807) is 7.11 Å². The van der Waals surface area contributed by atoms with Crippen LogP contribution in [0.4, 0.5) is 5.82 Å². The van der Waals surface area contributed by atoms with Gasteiger partial charge in [0.25, 0.3) is 0 Å². The lowest BCUT2D eigenvalue weighted by atomic mass is 9.92. The van der Waals surface area contributed by atoms with E-state index in [9.17, 15) is 0 Å².